The van der Waals surface area contributed by atoms with Crippen LogP contribution < -0.4 is 20.6 Å². The van der Waals surface area contributed by atoms with Crippen molar-refractivity contribution in [1.82, 2.24) is 0 Å². The van der Waals surface area contributed by atoms with Crippen molar-refractivity contribution in [2.45, 2.75) is 97.8 Å². The highest BCUT2D eigenvalue weighted by Gasteiger charge is 2.50. The summed E-state index contributed by atoms with van der Waals surface area (Å²) >= 11 is 1.91. The second kappa shape index (κ2) is 14.3. The molecule has 2 aliphatic heterocycles. The molecule has 8 aromatic carbocycles. The van der Waals surface area contributed by atoms with Crippen LogP contribution in [0.25, 0.3) is 53.6 Å². The molecule has 3 aliphatic rings. The monoisotopic (exact) mass is 886 g/mol. The molecule has 0 atom stereocenters. The van der Waals surface area contributed by atoms with Crippen molar-refractivity contribution >= 4 is 77.7 Å². The molecule has 0 bridgehead atoms. The minimum absolute atomic E-state index is 0.0290. The summed E-state index contributed by atoms with van der Waals surface area (Å²) in [4.78, 5) is 5.44. The first-order chi connectivity index (χ1) is 31.9. The highest BCUT2D eigenvalue weighted by atomic mass is 32.1. The van der Waals surface area contributed by atoms with E-state index in [0.717, 1.165) is 0 Å². The molecule has 3 heterocycles. The maximum atomic E-state index is 2.72. The van der Waals surface area contributed by atoms with Gasteiger partial charge in [0.1, 0.15) is 0 Å². The Morgan fingerprint density at radius 1 is 0.493 bits per heavy atom. The Balaban J connectivity index is 1.29. The van der Waals surface area contributed by atoms with Gasteiger partial charge < -0.3 is 9.71 Å². The van der Waals surface area contributed by atoms with Crippen molar-refractivity contribution in [3.63, 3.8) is 0 Å². The van der Waals surface area contributed by atoms with Crippen LogP contribution in [-0.2, 0) is 21.7 Å². The smallest absolute Gasteiger partial charge is 0.333 e. The van der Waals surface area contributed by atoms with Gasteiger partial charge in [-0.25, -0.2) is 0 Å². The van der Waals surface area contributed by atoms with Gasteiger partial charge in [-0.15, -0.1) is 11.3 Å². The molecule has 0 radical (unpaired) electrons. The Bertz CT molecular complexity index is 3500. The number of benzene rings is 8. The van der Waals surface area contributed by atoms with Crippen molar-refractivity contribution in [3.05, 3.63) is 186 Å². The number of nitrogens with zero attached hydrogens (tertiary/aromatic N) is 2. The molecule has 0 N–H and O–H groups in total. The van der Waals surface area contributed by atoms with Gasteiger partial charge in [-0.1, -0.05) is 185 Å². The number of rotatable bonds is 3. The molecule has 0 fully saturated rings. The van der Waals surface area contributed by atoms with Crippen LogP contribution in [-0.4, -0.2) is 6.85 Å². The summed E-state index contributed by atoms with van der Waals surface area (Å²) < 4.78 is 2.62. The first kappa shape index (κ1) is 42.0. The van der Waals surface area contributed by atoms with Crippen LogP contribution in [0.4, 0.5) is 28.4 Å². The quantitative estimate of drug-likeness (QED) is 0.163. The molecule has 0 saturated heterocycles. The van der Waals surface area contributed by atoms with E-state index in [2.05, 4.69) is 244 Å². The van der Waals surface area contributed by atoms with Crippen LogP contribution in [0, 0.1) is 0 Å². The summed E-state index contributed by atoms with van der Waals surface area (Å²) in [6, 6.07) is 61.2. The first-order valence-corrected chi connectivity index (χ1v) is 25.0. The zero-order valence-electron chi connectivity index (χ0n) is 40.9. The Hall–Kier alpha value is -6.36. The highest BCUT2D eigenvalue weighted by molar-refractivity contribution is 7.26. The molecule has 9 aromatic rings. The summed E-state index contributed by atoms with van der Waals surface area (Å²) in [5.41, 5.74) is 23.3. The molecule has 1 aliphatic carbocycles. The highest BCUT2D eigenvalue weighted by Crippen LogP contribution is 2.59. The van der Waals surface area contributed by atoms with Gasteiger partial charge in [0.15, 0.2) is 0 Å². The van der Waals surface area contributed by atoms with Crippen molar-refractivity contribution in [2.75, 3.05) is 9.71 Å². The molecule has 67 heavy (non-hydrogen) atoms. The average Bonchev–Trinajstić information content (AvgIpc) is 3.80. The van der Waals surface area contributed by atoms with Crippen molar-refractivity contribution in [1.29, 1.82) is 0 Å². The van der Waals surface area contributed by atoms with Crippen molar-refractivity contribution in [2.24, 2.45) is 0 Å². The Morgan fingerprint density at radius 3 is 1.87 bits per heavy atom. The zero-order valence-corrected chi connectivity index (χ0v) is 41.7. The standard InChI is InChI=1S/C63H59BN2S/c1-60(2,3)39-25-29-42(30-26-39)66-51-36-41(62(7,8)9)27-31-44(51)56-57-47(43-21-15-17-23-48(43)63(57,10)11)37-52-58(56)64(66)49-32-34-54-55(45-22-16-18-24-53(45)67-54)59(49)65(52)50-33-28-40(61(4,5)6)35-46(50)38-19-13-12-14-20-38/h12-37H,1-11H3. The number of thiophene rings is 1. The number of fused-ring (bicyclic) bond motifs is 12. The second-order valence-corrected chi connectivity index (χ2v) is 24.1. The predicted molar refractivity (Wildman–Crippen MR) is 292 cm³/mol. The minimum Gasteiger partial charge on any atom is -0.376 e. The van der Waals surface area contributed by atoms with Gasteiger partial charge in [-0.3, -0.25) is 0 Å². The molecule has 2 nitrogen and oxygen atoms in total. The molecule has 0 amide bonds. The Morgan fingerprint density at radius 2 is 1.13 bits per heavy atom. The summed E-state index contributed by atoms with van der Waals surface area (Å²) in [6.45, 7) is 25.8. The zero-order chi connectivity index (χ0) is 46.5. The molecule has 0 spiro atoms. The normalized spacial score (nSPS) is 14.8. The molecular weight excluding hydrogens is 828 g/mol. The van der Waals surface area contributed by atoms with E-state index in [1.807, 2.05) is 11.3 Å². The van der Waals surface area contributed by atoms with E-state index in [1.54, 1.807) is 0 Å². The average molecular weight is 887 g/mol. The fourth-order valence-electron chi connectivity index (χ4n) is 11.8. The van der Waals surface area contributed by atoms with Gasteiger partial charge in [0, 0.05) is 53.8 Å². The van der Waals surface area contributed by atoms with Crippen LogP contribution in [0.3, 0.4) is 0 Å². The lowest BCUT2D eigenvalue weighted by Crippen LogP contribution is -2.62. The first-order valence-electron chi connectivity index (χ1n) is 24.2. The van der Waals surface area contributed by atoms with E-state index in [9.17, 15) is 0 Å². The van der Waals surface area contributed by atoms with Gasteiger partial charge in [0.05, 0.1) is 11.4 Å². The lowest BCUT2D eigenvalue weighted by molar-refractivity contribution is 0.590. The van der Waals surface area contributed by atoms with Crippen LogP contribution in [0.1, 0.15) is 104 Å². The topological polar surface area (TPSA) is 6.48 Å². The fraction of sp³-hybridized carbons (Fsp3) is 0.238. The lowest BCUT2D eigenvalue weighted by atomic mass is 9.42. The van der Waals surface area contributed by atoms with Crippen molar-refractivity contribution in [3.8, 4) is 33.4 Å². The molecule has 4 heteroatoms. The van der Waals surface area contributed by atoms with Gasteiger partial charge in [-0.2, -0.15) is 0 Å². The SMILES string of the molecule is CC(C)(C)c1ccc(N2B3c4ccc5sc6ccccc6c5c4N(c4ccc(C(C)(C)C)cc4-c4ccccc4)c4cc5c(c(c43)-c3ccc(C(C)(C)C)cc32)C(C)(C)c2ccccc2-5)cc1. The second-order valence-electron chi connectivity index (χ2n) is 23.0. The third kappa shape index (κ3) is 6.21. The van der Waals surface area contributed by atoms with E-state index < -0.39 is 0 Å². The van der Waals surface area contributed by atoms with Gasteiger partial charge >= 0.3 is 6.85 Å². The van der Waals surface area contributed by atoms with Crippen LogP contribution in [0.5, 0.6) is 0 Å². The molecular formula is C63H59BN2S. The van der Waals surface area contributed by atoms with Crippen molar-refractivity contribution < 1.29 is 0 Å². The molecule has 0 unspecified atom stereocenters. The molecule has 330 valence electrons. The summed E-state index contributed by atoms with van der Waals surface area (Å²) in [7, 11) is 0. The van der Waals surface area contributed by atoms with E-state index in [1.165, 1.54) is 121 Å². The Labute approximate surface area is 402 Å². The van der Waals surface area contributed by atoms with Gasteiger partial charge in [-0.05, 0) is 126 Å². The van der Waals surface area contributed by atoms with Crippen LogP contribution >= 0.6 is 11.3 Å². The van der Waals surface area contributed by atoms with E-state index in [4.69, 9.17) is 0 Å². The Kier molecular flexibility index (Phi) is 8.99. The largest absolute Gasteiger partial charge is 0.376 e. The van der Waals surface area contributed by atoms with Crippen LogP contribution in [0.15, 0.2) is 158 Å². The third-order valence-corrected chi connectivity index (χ3v) is 16.4. The molecule has 12 rings (SSSR count). The van der Waals surface area contributed by atoms with E-state index in [0.29, 0.717) is 0 Å². The maximum absolute atomic E-state index is 2.72. The predicted octanol–water partition coefficient (Wildman–Crippen LogP) is 16.6. The fourth-order valence-corrected chi connectivity index (χ4v) is 12.9. The van der Waals surface area contributed by atoms with E-state index >= 15 is 0 Å². The van der Waals surface area contributed by atoms with E-state index in [-0.39, 0.29) is 28.5 Å². The van der Waals surface area contributed by atoms with Gasteiger partial charge in [0.2, 0.25) is 0 Å². The third-order valence-electron chi connectivity index (χ3n) is 15.3. The van der Waals surface area contributed by atoms with Gasteiger partial charge in [0.25, 0.3) is 0 Å². The number of hydrogen-bond acceptors (Lipinski definition) is 3. The number of hydrogen-bond donors (Lipinski definition) is 0. The lowest BCUT2D eigenvalue weighted by Gasteiger charge is -2.48. The van der Waals surface area contributed by atoms with Crippen LogP contribution in [0.2, 0.25) is 0 Å². The summed E-state index contributed by atoms with van der Waals surface area (Å²) in [5.74, 6) is 0. The molecule has 0 saturated carbocycles. The summed E-state index contributed by atoms with van der Waals surface area (Å²) in [5, 5.41) is 2.63. The number of anilines is 5. The summed E-state index contributed by atoms with van der Waals surface area (Å²) in [6.07, 6.45) is 0. The maximum Gasteiger partial charge on any atom is 0.333 e. The minimum atomic E-state index is -0.237. The molecule has 1 aromatic heterocycles.